The lowest BCUT2D eigenvalue weighted by Crippen LogP contribution is -2.22. The molecule has 0 radical (unpaired) electrons. The maximum atomic E-state index is 4.32. The molecule has 2 rings (SSSR count). The Bertz CT molecular complexity index is 516. The summed E-state index contributed by atoms with van der Waals surface area (Å²) < 4.78 is 2.16. The van der Waals surface area contributed by atoms with Crippen LogP contribution in [0.25, 0.3) is 5.69 Å². The van der Waals surface area contributed by atoms with Crippen LogP contribution in [0.3, 0.4) is 0 Å². The SMILES string of the molecule is CCCNC(CC)c1ccccc1-n1ccnc1C. The van der Waals surface area contributed by atoms with Crippen molar-refractivity contribution in [2.45, 2.75) is 39.7 Å². The summed E-state index contributed by atoms with van der Waals surface area (Å²) in [6.45, 7) is 7.52. The molecule has 0 amide bonds. The first-order valence-corrected chi connectivity index (χ1v) is 7.10. The molecule has 1 atom stereocenters. The van der Waals surface area contributed by atoms with Crippen LogP contribution in [0.5, 0.6) is 0 Å². The summed E-state index contributed by atoms with van der Waals surface area (Å²) in [5.74, 6) is 1.03. The molecule has 0 bridgehead atoms. The fourth-order valence-corrected chi connectivity index (χ4v) is 2.43. The zero-order valence-electron chi connectivity index (χ0n) is 12.1. The summed E-state index contributed by atoms with van der Waals surface area (Å²) in [4.78, 5) is 4.32. The summed E-state index contributed by atoms with van der Waals surface area (Å²) in [7, 11) is 0. The number of rotatable bonds is 6. The first kappa shape index (κ1) is 13.8. The molecule has 0 aliphatic rings. The van der Waals surface area contributed by atoms with Crippen molar-refractivity contribution < 1.29 is 0 Å². The molecule has 3 nitrogen and oxygen atoms in total. The smallest absolute Gasteiger partial charge is 0.110 e. The Hall–Kier alpha value is -1.61. The minimum atomic E-state index is 0.401. The summed E-state index contributed by atoms with van der Waals surface area (Å²) in [6, 6.07) is 8.98. The average molecular weight is 257 g/mol. The normalized spacial score (nSPS) is 12.6. The van der Waals surface area contributed by atoms with E-state index in [2.05, 4.69) is 53.0 Å². The van der Waals surface area contributed by atoms with Crippen molar-refractivity contribution >= 4 is 0 Å². The highest BCUT2D eigenvalue weighted by Crippen LogP contribution is 2.24. The number of imidazole rings is 1. The van der Waals surface area contributed by atoms with Crippen molar-refractivity contribution in [3.05, 3.63) is 48.0 Å². The largest absolute Gasteiger partial charge is 0.310 e. The molecule has 1 unspecified atom stereocenters. The quantitative estimate of drug-likeness (QED) is 0.856. The highest BCUT2D eigenvalue weighted by Gasteiger charge is 2.14. The Labute approximate surface area is 115 Å². The van der Waals surface area contributed by atoms with Crippen molar-refractivity contribution in [2.24, 2.45) is 0 Å². The molecular weight excluding hydrogens is 234 g/mol. The summed E-state index contributed by atoms with van der Waals surface area (Å²) in [6.07, 6.45) is 6.13. The number of aromatic nitrogens is 2. The van der Waals surface area contributed by atoms with Crippen LogP contribution in [0.2, 0.25) is 0 Å². The van der Waals surface area contributed by atoms with Crippen LogP contribution < -0.4 is 5.32 Å². The number of aryl methyl sites for hydroxylation is 1. The first-order chi connectivity index (χ1) is 9.27. The van der Waals surface area contributed by atoms with E-state index in [1.165, 1.54) is 11.3 Å². The second-order valence-corrected chi connectivity index (χ2v) is 4.82. The van der Waals surface area contributed by atoms with Crippen molar-refractivity contribution in [1.29, 1.82) is 0 Å². The van der Waals surface area contributed by atoms with Crippen LogP contribution in [0.1, 0.15) is 44.1 Å². The van der Waals surface area contributed by atoms with E-state index in [-0.39, 0.29) is 0 Å². The second kappa shape index (κ2) is 6.53. The summed E-state index contributed by atoms with van der Waals surface area (Å²) >= 11 is 0. The van der Waals surface area contributed by atoms with Gasteiger partial charge >= 0.3 is 0 Å². The Morgan fingerprint density at radius 2 is 2.05 bits per heavy atom. The topological polar surface area (TPSA) is 29.9 Å². The van der Waals surface area contributed by atoms with Crippen molar-refractivity contribution in [2.75, 3.05) is 6.54 Å². The van der Waals surface area contributed by atoms with Crippen LogP contribution >= 0.6 is 0 Å². The van der Waals surface area contributed by atoms with Crippen molar-refractivity contribution in [3.63, 3.8) is 0 Å². The van der Waals surface area contributed by atoms with Crippen molar-refractivity contribution in [3.8, 4) is 5.69 Å². The van der Waals surface area contributed by atoms with E-state index < -0.39 is 0 Å². The molecule has 0 spiro atoms. The highest BCUT2D eigenvalue weighted by atomic mass is 15.1. The van der Waals surface area contributed by atoms with Gasteiger partial charge in [-0.05, 0) is 37.9 Å². The highest BCUT2D eigenvalue weighted by molar-refractivity contribution is 5.43. The number of nitrogens with one attached hydrogen (secondary N) is 1. The van der Waals surface area contributed by atoms with E-state index in [0.29, 0.717) is 6.04 Å². The van der Waals surface area contributed by atoms with E-state index >= 15 is 0 Å². The monoisotopic (exact) mass is 257 g/mol. The van der Waals surface area contributed by atoms with Gasteiger partial charge in [-0.25, -0.2) is 4.98 Å². The molecule has 0 saturated heterocycles. The standard InChI is InChI=1S/C16H23N3/c1-4-10-18-15(5-2)14-8-6-7-9-16(14)19-12-11-17-13(19)3/h6-9,11-12,15,18H,4-5,10H2,1-3H3. The average Bonchev–Trinajstić information content (AvgIpc) is 2.86. The number of hydrogen-bond donors (Lipinski definition) is 1. The van der Waals surface area contributed by atoms with Gasteiger partial charge in [-0.2, -0.15) is 0 Å². The van der Waals surface area contributed by atoms with E-state index in [9.17, 15) is 0 Å². The van der Waals surface area contributed by atoms with Gasteiger partial charge in [0.2, 0.25) is 0 Å². The maximum Gasteiger partial charge on any atom is 0.110 e. The van der Waals surface area contributed by atoms with E-state index in [0.717, 1.165) is 25.2 Å². The molecular formula is C16H23N3. The molecule has 1 N–H and O–H groups in total. The Morgan fingerprint density at radius 3 is 2.68 bits per heavy atom. The van der Waals surface area contributed by atoms with Gasteiger partial charge in [0.25, 0.3) is 0 Å². The van der Waals surface area contributed by atoms with Crippen LogP contribution in [0.4, 0.5) is 0 Å². The molecule has 2 aromatic rings. The number of benzene rings is 1. The van der Waals surface area contributed by atoms with E-state index in [1.807, 2.05) is 19.3 Å². The Morgan fingerprint density at radius 1 is 1.26 bits per heavy atom. The third-order valence-corrected chi connectivity index (χ3v) is 3.45. The molecule has 0 saturated carbocycles. The Kier molecular flexibility index (Phi) is 4.74. The number of hydrogen-bond acceptors (Lipinski definition) is 2. The van der Waals surface area contributed by atoms with Crippen LogP contribution in [-0.4, -0.2) is 16.1 Å². The molecule has 1 heterocycles. The minimum absolute atomic E-state index is 0.401. The lowest BCUT2D eigenvalue weighted by Gasteiger charge is -2.21. The van der Waals surface area contributed by atoms with E-state index in [1.54, 1.807) is 0 Å². The molecule has 1 aromatic heterocycles. The van der Waals surface area contributed by atoms with Crippen LogP contribution in [-0.2, 0) is 0 Å². The van der Waals surface area contributed by atoms with Gasteiger partial charge < -0.3 is 9.88 Å². The van der Waals surface area contributed by atoms with Gasteiger partial charge in [0, 0.05) is 18.4 Å². The first-order valence-electron chi connectivity index (χ1n) is 7.10. The van der Waals surface area contributed by atoms with E-state index in [4.69, 9.17) is 0 Å². The molecule has 0 aliphatic heterocycles. The van der Waals surface area contributed by atoms with Gasteiger partial charge in [0.1, 0.15) is 5.82 Å². The number of nitrogens with zero attached hydrogens (tertiary/aromatic N) is 2. The zero-order valence-corrected chi connectivity index (χ0v) is 12.1. The minimum Gasteiger partial charge on any atom is -0.310 e. The molecule has 0 fully saturated rings. The molecule has 0 aliphatic carbocycles. The second-order valence-electron chi connectivity index (χ2n) is 4.82. The number of para-hydroxylation sites is 1. The fourth-order valence-electron chi connectivity index (χ4n) is 2.43. The summed E-state index contributed by atoms with van der Waals surface area (Å²) in [5, 5.41) is 3.62. The summed E-state index contributed by atoms with van der Waals surface area (Å²) in [5.41, 5.74) is 2.58. The zero-order chi connectivity index (χ0) is 13.7. The molecule has 102 valence electrons. The molecule has 3 heteroatoms. The van der Waals surface area contributed by atoms with Gasteiger partial charge in [-0.15, -0.1) is 0 Å². The van der Waals surface area contributed by atoms with Gasteiger partial charge in [-0.3, -0.25) is 0 Å². The predicted molar refractivity (Wildman–Crippen MR) is 79.6 cm³/mol. The maximum absolute atomic E-state index is 4.32. The van der Waals surface area contributed by atoms with Gasteiger partial charge in [0.05, 0.1) is 5.69 Å². The predicted octanol–water partition coefficient (Wildman–Crippen LogP) is 3.63. The van der Waals surface area contributed by atoms with Crippen LogP contribution in [0.15, 0.2) is 36.7 Å². The molecule has 1 aromatic carbocycles. The lowest BCUT2D eigenvalue weighted by atomic mass is 10.0. The fraction of sp³-hybridized carbons (Fsp3) is 0.438. The Balaban J connectivity index is 2.37. The van der Waals surface area contributed by atoms with Gasteiger partial charge in [-0.1, -0.05) is 32.0 Å². The molecule has 19 heavy (non-hydrogen) atoms. The lowest BCUT2D eigenvalue weighted by molar-refractivity contribution is 0.516. The van der Waals surface area contributed by atoms with Crippen molar-refractivity contribution in [1.82, 2.24) is 14.9 Å². The van der Waals surface area contributed by atoms with Crippen LogP contribution in [0, 0.1) is 6.92 Å². The third kappa shape index (κ3) is 3.04. The van der Waals surface area contributed by atoms with Gasteiger partial charge in [0.15, 0.2) is 0 Å². The third-order valence-electron chi connectivity index (χ3n) is 3.45.